The summed E-state index contributed by atoms with van der Waals surface area (Å²) in [5.74, 6) is 0. The standard InChI is InChI=1S/3C15H12BrN.Ir/c3*16-14-5-7-15(8-6-14)17-10-9-12-3-1-2-4-13(12)11-17;/h3*1-10H,11H2;. The van der Waals surface area contributed by atoms with Crippen molar-refractivity contribution < 1.29 is 20.1 Å². The van der Waals surface area contributed by atoms with Crippen LogP contribution < -0.4 is 14.7 Å². The maximum absolute atomic E-state index is 3.46. The summed E-state index contributed by atoms with van der Waals surface area (Å²) in [4.78, 5) is 6.78. The van der Waals surface area contributed by atoms with Crippen molar-refractivity contribution in [2.24, 2.45) is 0 Å². The third-order valence-electron chi connectivity index (χ3n) is 8.96. The van der Waals surface area contributed by atoms with E-state index < -0.39 is 0 Å². The number of nitrogens with zero attached hydrogens (tertiary/aromatic N) is 3. The Hall–Kier alpha value is -3.97. The predicted octanol–water partition coefficient (Wildman–Crippen LogP) is 13.3. The average Bonchev–Trinajstić information content (AvgIpc) is 3.19. The van der Waals surface area contributed by atoms with E-state index in [9.17, 15) is 0 Å². The number of fused-ring (bicyclic) bond motifs is 3. The van der Waals surface area contributed by atoms with Crippen molar-refractivity contribution >= 4 is 83.1 Å². The van der Waals surface area contributed by atoms with Crippen molar-refractivity contribution in [2.45, 2.75) is 19.6 Å². The van der Waals surface area contributed by atoms with Crippen LogP contribution in [0.2, 0.25) is 0 Å². The van der Waals surface area contributed by atoms with Crippen molar-refractivity contribution in [1.29, 1.82) is 0 Å². The van der Waals surface area contributed by atoms with E-state index in [2.05, 4.69) is 245 Å². The molecule has 0 bridgehead atoms. The van der Waals surface area contributed by atoms with E-state index in [0.29, 0.717) is 0 Å². The van der Waals surface area contributed by atoms with E-state index in [-0.39, 0.29) is 20.1 Å². The van der Waals surface area contributed by atoms with E-state index in [1.807, 2.05) is 0 Å². The smallest absolute Gasteiger partial charge is 0.0481 e. The van der Waals surface area contributed by atoms with Gasteiger partial charge < -0.3 is 14.7 Å². The molecule has 1 radical (unpaired) electrons. The van der Waals surface area contributed by atoms with Gasteiger partial charge in [0.25, 0.3) is 0 Å². The van der Waals surface area contributed by atoms with Crippen LogP contribution in [0, 0.1) is 0 Å². The maximum Gasteiger partial charge on any atom is 0.0481 e. The topological polar surface area (TPSA) is 9.72 Å². The van der Waals surface area contributed by atoms with Gasteiger partial charge in [0.1, 0.15) is 0 Å². The summed E-state index contributed by atoms with van der Waals surface area (Å²) in [6.07, 6.45) is 12.9. The van der Waals surface area contributed by atoms with Gasteiger partial charge in [0.2, 0.25) is 0 Å². The van der Waals surface area contributed by atoms with Crippen LogP contribution in [0.15, 0.2) is 178 Å². The molecule has 0 unspecified atom stereocenters. The predicted molar refractivity (Wildman–Crippen MR) is 227 cm³/mol. The fraction of sp³-hybridized carbons (Fsp3) is 0.0667. The SMILES string of the molecule is Brc1ccc(N2C=Cc3ccccc3C2)cc1.Brc1ccc(N2C=Cc3ccccc3C2)cc1.Brc1ccc(N2C=Cc3ccccc3C2)cc1.[Ir]. The van der Waals surface area contributed by atoms with Gasteiger partial charge >= 0.3 is 0 Å². The quantitative estimate of drug-likeness (QED) is 0.175. The normalized spacial score (nSPS) is 13.3. The van der Waals surface area contributed by atoms with Gasteiger partial charge in [0.05, 0.1) is 0 Å². The van der Waals surface area contributed by atoms with Crippen LogP contribution in [0.4, 0.5) is 17.1 Å². The molecule has 3 aliphatic rings. The van der Waals surface area contributed by atoms with Gasteiger partial charge in [0, 0.05) is 88.8 Å². The van der Waals surface area contributed by atoms with Crippen molar-refractivity contribution in [3.63, 3.8) is 0 Å². The number of halogens is 3. The number of rotatable bonds is 3. The van der Waals surface area contributed by atoms with Crippen molar-refractivity contribution in [3.05, 3.63) is 211 Å². The molecule has 0 saturated heterocycles. The van der Waals surface area contributed by atoms with Crippen LogP contribution in [0.25, 0.3) is 18.2 Å². The van der Waals surface area contributed by atoms with E-state index in [0.717, 1.165) is 33.1 Å². The first-order valence-corrected chi connectivity index (χ1v) is 19.2. The Morgan fingerprint density at radius 2 is 0.577 bits per heavy atom. The second-order valence-corrected chi connectivity index (χ2v) is 15.1. The molecule has 0 atom stereocenters. The average molecular weight is 1050 g/mol. The second kappa shape index (κ2) is 18.2. The molecule has 0 N–H and O–H groups in total. The Morgan fingerprint density at radius 1 is 0.327 bits per heavy atom. The Balaban J connectivity index is 0.000000133. The minimum Gasteiger partial charge on any atom is -0.344 e. The summed E-state index contributed by atoms with van der Waals surface area (Å²) in [5.41, 5.74) is 11.7. The Kier molecular flexibility index (Phi) is 13.2. The summed E-state index contributed by atoms with van der Waals surface area (Å²) in [6, 6.07) is 50.8. The van der Waals surface area contributed by atoms with Crippen molar-refractivity contribution in [2.75, 3.05) is 14.7 Å². The first-order chi connectivity index (χ1) is 25.0. The molecule has 3 heterocycles. The molecule has 6 aromatic rings. The zero-order valence-electron chi connectivity index (χ0n) is 28.3. The molecule has 9 rings (SSSR count). The molecule has 0 amide bonds. The van der Waals surface area contributed by atoms with E-state index in [1.165, 1.54) is 50.4 Å². The molecule has 52 heavy (non-hydrogen) atoms. The summed E-state index contributed by atoms with van der Waals surface area (Å²) >= 11 is 10.4. The molecule has 6 aromatic carbocycles. The fourth-order valence-corrected chi connectivity index (χ4v) is 6.96. The molecule has 3 nitrogen and oxygen atoms in total. The van der Waals surface area contributed by atoms with Crippen LogP contribution in [0.1, 0.15) is 33.4 Å². The van der Waals surface area contributed by atoms with Crippen LogP contribution in [-0.2, 0) is 39.7 Å². The summed E-state index contributed by atoms with van der Waals surface area (Å²) in [6.45, 7) is 2.82. The number of hydrogen-bond donors (Lipinski definition) is 0. The molecular weight excluding hydrogens is 1010 g/mol. The van der Waals surface area contributed by atoms with Gasteiger partial charge in [-0.25, -0.2) is 0 Å². The largest absolute Gasteiger partial charge is 0.344 e. The fourth-order valence-electron chi connectivity index (χ4n) is 6.17. The Morgan fingerprint density at radius 3 is 0.846 bits per heavy atom. The van der Waals surface area contributed by atoms with Gasteiger partial charge in [-0.15, -0.1) is 0 Å². The maximum atomic E-state index is 3.46. The molecule has 0 spiro atoms. The molecule has 0 aliphatic carbocycles. The van der Waals surface area contributed by atoms with Crippen LogP contribution >= 0.6 is 47.8 Å². The summed E-state index contributed by atoms with van der Waals surface area (Å²) in [5, 5.41) is 0. The van der Waals surface area contributed by atoms with E-state index in [1.54, 1.807) is 0 Å². The van der Waals surface area contributed by atoms with Crippen LogP contribution in [0.5, 0.6) is 0 Å². The first-order valence-electron chi connectivity index (χ1n) is 16.8. The molecule has 3 aliphatic heterocycles. The molecule has 0 fully saturated rings. The molecule has 261 valence electrons. The summed E-state index contributed by atoms with van der Waals surface area (Å²) in [7, 11) is 0. The van der Waals surface area contributed by atoms with Gasteiger partial charge in [0.15, 0.2) is 0 Å². The Bertz CT molecular complexity index is 1930. The minimum atomic E-state index is 0. The summed E-state index contributed by atoms with van der Waals surface area (Å²) < 4.78 is 3.34. The zero-order chi connectivity index (χ0) is 35.0. The van der Waals surface area contributed by atoms with Gasteiger partial charge in [-0.05, 0) is 124 Å². The number of anilines is 3. The molecule has 0 aromatic heterocycles. The van der Waals surface area contributed by atoms with E-state index in [4.69, 9.17) is 0 Å². The second-order valence-electron chi connectivity index (χ2n) is 12.4. The van der Waals surface area contributed by atoms with Crippen molar-refractivity contribution in [1.82, 2.24) is 0 Å². The van der Waals surface area contributed by atoms with Gasteiger partial charge in [-0.2, -0.15) is 0 Å². The van der Waals surface area contributed by atoms with Gasteiger partial charge in [-0.1, -0.05) is 121 Å². The molecule has 0 saturated carbocycles. The van der Waals surface area contributed by atoms with E-state index >= 15 is 0 Å². The molecular formula is C45H36Br3IrN3. The number of hydrogen-bond acceptors (Lipinski definition) is 3. The monoisotopic (exact) mass is 1050 g/mol. The number of benzene rings is 6. The van der Waals surface area contributed by atoms with Crippen molar-refractivity contribution in [3.8, 4) is 0 Å². The third-order valence-corrected chi connectivity index (χ3v) is 10.6. The molecule has 7 heteroatoms. The van der Waals surface area contributed by atoms with Crippen LogP contribution in [-0.4, -0.2) is 0 Å². The zero-order valence-corrected chi connectivity index (χ0v) is 35.4. The minimum absolute atomic E-state index is 0. The first kappa shape index (κ1) is 37.8. The third kappa shape index (κ3) is 9.71. The van der Waals surface area contributed by atoms with Crippen LogP contribution in [0.3, 0.4) is 0 Å². The van der Waals surface area contributed by atoms with Gasteiger partial charge in [-0.3, -0.25) is 0 Å². The Labute approximate surface area is 345 Å².